The van der Waals surface area contributed by atoms with Crippen LogP contribution in [0.1, 0.15) is 18.0 Å². The molecule has 3 heterocycles. The predicted molar refractivity (Wildman–Crippen MR) is 61.2 cm³/mol. The summed E-state index contributed by atoms with van der Waals surface area (Å²) in [5.74, 6) is 1.08. The molecule has 6 nitrogen and oxygen atoms in total. The molecular weight excluding hydrogens is 218 g/mol. The first kappa shape index (κ1) is 10.5. The lowest BCUT2D eigenvalue weighted by molar-refractivity contribution is 0.332. The Morgan fingerprint density at radius 2 is 2.18 bits per heavy atom. The molecule has 2 aromatic heterocycles. The van der Waals surface area contributed by atoms with E-state index in [1.54, 1.807) is 6.92 Å². The van der Waals surface area contributed by atoms with Crippen molar-refractivity contribution in [3.8, 4) is 11.6 Å². The quantitative estimate of drug-likeness (QED) is 0.737. The average molecular weight is 233 g/mol. The largest absolute Gasteiger partial charge is 0.420 e. The Bertz CT molecular complexity index is 530. The highest BCUT2D eigenvalue weighted by atomic mass is 16.4. The van der Waals surface area contributed by atoms with Gasteiger partial charge in [0.25, 0.3) is 5.89 Å². The molecule has 3 rings (SSSR count). The van der Waals surface area contributed by atoms with E-state index < -0.39 is 0 Å². The third-order valence-electron chi connectivity index (χ3n) is 2.95. The molecule has 0 bridgehead atoms. The molecule has 0 aliphatic carbocycles. The zero-order valence-corrected chi connectivity index (χ0v) is 10.1. The third kappa shape index (κ3) is 1.95. The van der Waals surface area contributed by atoms with Crippen molar-refractivity contribution in [1.29, 1.82) is 0 Å². The summed E-state index contributed by atoms with van der Waals surface area (Å²) in [5, 5.41) is 12.3. The zero-order valence-electron chi connectivity index (χ0n) is 10.1. The normalized spacial score (nSPS) is 16.8. The summed E-state index contributed by atoms with van der Waals surface area (Å²) in [6.07, 6.45) is 1.12. The first-order chi connectivity index (χ1) is 8.22. The molecular formula is C11H15N5O. The molecule has 0 aromatic carbocycles. The van der Waals surface area contributed by atoms with E-state index in [0.29, 0.717) is 11.8 Å². The van der Waals surface area contributed by atoms with Crippen molar-refractivity contribution in [3.05, 3.63) is 17.7 Å². The molecule has 0 amide bonds. The maximum Gasteiger partial charge on any atom is 0.268 e. The van der Waals surface area contributed by atoms with Gasteiger partial charge in [0, 0.05) is 26.6 Å². The highest BCUT2D eigenvalue weighted by Gasteiger charge is 2.17. The van der Waals surface area contributed by atoms with Crippen LogP contribution in [-0.2, 0) is 13.1 Å². The van der Waals surface area contributed by atoms with Gasteiger partial charge >= 0.3 is 0 Å². The van der Waals surface area contributed by atoms with Crippen LogP contribution in [0.25, 0.3) is 11.6 Å². The third-order valence-corrected chi connectivity index (χ3v) is 2.95. The molecule has 1 aliphatic rings. The van der Waals surface area contributed by atoms with Crippen molar-refractivity contribution in [2.24, 2.45) is 0 Å². The number of rotatable bonds is 1. The molecule has 0 atom stereocenters. The van der Waals surface area contributed by atoms with Crippen LogP contribution in [0.4, 0.5) is 0 Å². The van der Waals surface area contributed by atoms with E-state index in [1.165, 1.54) is 5.69 Å². The van der Waals surface area contributed by atoms with Crippen molar-refractivity contribution in [2.75, 3.05) is 13.6 Å². The second kappa shape index (κ2) is 3.96. The molecule has 0 saturated carbocycles. The number of aromatic nitrogens is 4. The highest BCUT2D eigenvalue weighted by molar-refractivity contribution is 5.46. The molecule has 1 aliphatic heterocycles. The maximum atomic E-state index is 5.39. The van der Waals surface area contributed by atoms with Crippen LogP contribution >= 0.6 is 0 Å². The fraction of sp³-hybridized carbons (Fsp3) is 0.545. The van der Waals surface area contributed by atoms with Crippen molar-refractivity contribution in [1.82, 2.24) is 24.9 Å². The summed E-state index contributed by atoms with van der Waals surface area (Å²) in [6, 6.07) is 2.04. The lowest BCUT2D eigenvalue weighted by Crippen LogP contribution is -2.16. The molecule has 0 radical (unpaired) electrons. The highest BCUT2D eigenvalue weighted by Crippen LogP contribution is 2.20. The Morgan fingerprint density at radius 1 is 1.29 bits per heavy atom. The predicted octanol–water partition coefficient (Wildman–Crippen LogP) is 1.08. The number of aryl methyl sites for hydroxylation is 2. The standard InChI is InChI=1S/C11H15N5O/c1-8-12-13-11(17-8)10-6-9-7-15(2)4-3-5-16(9)14-10/h6H,3-5,7H2,1-2H3. The van der Waals surface area contributed by atoms with E-state index in [2.05, 4.69) is 27.2 Å². The molecule has 0 spiro atoms. The fourth-order valence-electron chi connectivity index (χ4n) is 2.13. The van der Waals surface area contributed by atoms with Gasteiger partial charge in [0.2, 0.25) is 5.89 Å². The van der Waals surface area contributed by atoms with Crippen LogP contribution in [0.3, 0.4) is 0 Å². The molecule has 0 saturated heterocycles. The number of fused-ring (bicyclic) bond motifs is 1. The van der Waals surface area contributed by atoms with Gasteiger partial charge in [-0.15, -0.1) is 10.2 Å². The van der Waals surface area contributed by atoms with Crippen molar-refractivity contribution < 1.29 is 4.42 Å². The molecule has 90 valence electrons. The van der Waals surface area contributed by atoms with Crippen LogP contribution in [-0.4, -0.2) is 38.5 Å². The number of hydrogen-bond acceptors (Lipinski definition) is 5. The first-order valence-corrected chi connectivity index (χ1v) is 5.78. The Morgan fingerprint density at radius 3 is 2.94 bits per heavy atom. The smallest absolute Gasteiger partial charge is 0.268 e. The number of nitrogens with zero attached hydrogens (tertiary/aromatic N) is 5. The topological polar surface area (TPSA) is 60.0 Å². The summed E-state index contributed by atoms with van der Waals surface area (Å²) in [7, 11) is 2.12. The van der Waals surface area contributed by atoms with Gasteiger partial charge in [-0.2, -0.15) is 5.10 Å². The van der Waals surface area contributed by atoms with Gasteiger partial charge in [0.1, 0.15) is 5.69 Å². The monoisotopic (exact) mass is 233 g/mol. The summed E-state index contributed by atoms with van der Waals surface area (Å²) < 4.78 is 7.43. The molecule has 17 heavy (non-hydrogen) atoms. The van der Waals surface area contributed by atoms with Gasteiger partial charge in [0.05, 0.1) is 5.69 Å². The maximum absolute atomic E-state index is 5.39. The molecule has 2 aromatic rings. The molecule has 0 fully saturated rings. The van der Waals surface area contributed by atoms with Gasteiger partial charge in [-0.1, -0.05) is 0 Å². The molecule has 0 N–H and O–H groups in total. The molecule has 0 unspecified atom stereocenters. The summed E-state index contributed by atoms with van der Waals surface area (Å²) in [4.78, 5) is 2.29. The lowest BCUT2D eigenvalue weighted by atomic mass is 10.3. The Balaban J connectivity index is 1.96. The van der Waals surface area contributed by atoms with Gasteiger partial charge in [-0.05, 0) is 19.5 Å². The second-order valence-corrected chi connectivity index (χ2v) is 4.46. The minimum absolute atomic E-state index is 0.505. The van der Waals surface area contributed by atoms with Gasteiger partial charge in [-0.25, -0.2) is 0 Å². The van der Waals surface area contributed by atoms with Gasteiger partial charge < -0.3 is 9.32 Å². The molecule has 6 heteroatoms. The summed E-state index contributed by atoms with van der Waals surface area (Å²) in [6.45, 7) is 4.76. The van der Waals surface area contributed by atoms with Gasteiger partial charge in [-0.3, -0.25) is 4.68 Å². The van der Waals surface area contributed by atoms with Crippen molar-refractivity contribution >= 4 is 0 Å². The summed E-state index contributed by atoms with van der Waals surface area (Å²) in [5.41, 5.74) is 1.98. The van der Waals surface area contributed by atoms with E-state index in [4.69, 9.17) is 4.42 Å². The number of hydrogen-bond donors (Lipinski definition) is 0. The Hall–Kier alpha value is -1.69. The van der Waals surface area contributed by atoms with E-state index >= 15 is 0 Å². The van der Waals surface area contributed by atoms with E-state index in [9.17, 15) is 0 Å². The average Bonchev–Trinajstić information content (AvgIpc) is 2.83. The minimum atomic E-state index is 0.505. The van der Waals surface area contributed by atoms with Crippen LogP contribution in [0.15, 0.2) is 10.5 Å². The van der Waals surface area contributed by atoms with Crippen LogP contribution in [0, 0.1) is 6.92 Å². The zero-order chi connectivity index (χ0) is 11.8. The first-order valence-electron chi connectivity index (χ1n) is 5.78. The van der Waals surface area contributed by atoms with Crippen LogP contribution in [0.5, 0.6) is 0 Å². The van der Waals surface area contributed by atoms with Crippen LogP contribution < -0.4 is 0 Å². The van der Waals surface area contributed by atoms with Crippen molar-refractivity contribution in [2.45, 2.75) is 26.4 Å². The Kier molecular flexibility index (Phi) is 2.44. The SMILES string of the molecule is Cc1nnc(-c2cc3n(n2)CCCN(C)C3)o1. The fourth-order valence-corrected chi connectivity index (χ4v) is 2.13. The van der Waals surface area contributed by atoms with Gasteiger partial charge in [0.15, 0.2) is 0 Å². The second-order valence-electron chi connectivity index (χ2n) is 4.46. The van der Waals surface area contributed by atoms with Crippen LogP contribution in [0.2, 0.25) is 0 Å². The van der Waals surface area contributed by atoms with Crippen molar-refractivity contribution in [3.63, 3.8) is 0 Å². The summed E-state index contributed by atoms with van der Waals surface area (Å²) >= 11 is 0. The van der Waals surface area contributed by atoms with E-state index in [-0.39, 0.29) is 0 Å². The van der Waals surface area contributed by atoms with E-state index in [0.717, 1.165) is 31.7 Å². The minimum Gasteiger partial charge on any atom is -0.420 e. The Labute approximate surface area is 99.2 Å². The lowest BCUT2D eigenvalue weighted by Gasteiger charge is -2.10. The van der Waals surface area contributed by atoms with E-state index in [1.807, 2.05) is 10.7 Å².